The van der Waals surface area contributed by atoms with Gasteiger partial charge in [-0.25, -0.2) is 0 Å². The maximum Gasteiger partial charge on any atom is 0.256 e. The van der Waals surface area contributed by atoms with Crippen LogP contribution in [-0.4, -0.2) is 27.0 Å². The van der Waals surface area contributed by atoms with Gasteiger partial charge in [0.1, 0.15) is 5.60 Å². The lowest BCUT2D eigenvalue weighted by Crippen LogP contribution is -2.26. The van der Waals surface area contributed by atoms with Gasteiger partial charge in [0.05, 0.1) is 0 Å². The van der Waals surface area contributed by atoms with Crippen LogP contribution in [-0.2, 0) is 10.3 Å². The number of nitrogens with zero attached hydrogens (tertiary/aromatic N) is 4. The van der Waals surface area contributed by atoms with E-state index in [1.54, 1.807) is 13.3 Å². The molecule has 4 rings (SSSR count). The van der Waals surface area contributed by atoms with Crippen molar-refractivity contribution < 1.29 is 9.26 Å². The first-order valence-corrected chi connectivity index (χ1v) is 8.26. The van der Waals surface area contributed by atoms with Crippen LogP contribution in [0.1, 0.15) is 49.0 Å². The Balaban J connectivity index is 1.75. The van der Waals surface area contributed by atoms with E-state index in [-0.39, 0.29) is 6.04 Å². The van der Waals surface area contributed by atoms with E-state index in [9.17, 15) is 0 Å². The molecule has 24 heavy (non-hydrogen) atoms. The highest BCUT2D eigenvalue weighted by molar-refractivity contribution is 5.25. The standard InChI is InChI=1S/C18H20N4O2/c1-23-18(10-5-6-11-18)17-20-16(24-21-17)15(22-13-7-12-19-22)14-8-3-2-4-9-14/h2-4,7-9,12-13,15H,5-6,10-11H2,1H3. The summed E-state index contributed by atoms with van der Waals surface area (Å²) in [4.78, 5) is 4.70. The van der Waals surface area contributed by atoms with Gasteiger partial charge in [-0.1, -0.05) is 35.5 Å². The Bertz CT molecular complexity index is 776. The lowest BCUT2D eigenvalue weighted by molar-refractivity contribution is -0.0178. The maximum absolute atomic E-state index is 5.77. The van der Waals surface area contributed by atoms with Gasteiger partial charge in [-0.3, -0.25) is 4.68 Å². The molecule has 2 aromatic heterocycles. The quantitative estimate of drug-likeness (QED) is 0.720. The van der Waals surface area contributed by atoms with E-state index in [0.29, 0.717) is 11.7 Å². The van der Waals surface area contributed by atoms with Crippen molar-refractivity contribution in [2.24, 2.45) is 0 Å². The van der Waals surface area contributed by atoms with Crippen molar-refractivity contribution in [2.45, 2.75) is 37.3 Å². The Morgan fingerprint density at radius 2 is 1.96 bits per heavy atom. The summed E-state index contributed by atoms with van der Waals surface area (Å²) >= 11 is 0. The molecule has 0 N–H and O–H groups in total. The largest absolute Gasteiger partial charge is 0.370 e. The zero-order valence-electron chi connectivity index (χ0n) is 13.6. The predicted molar refractivity (Wildman–Crippen MR) is 87.4 cm³/mol. The Morgan fingerprint density at radius 1 is 1.17 bits per heavy atom. The summed E-state index contributed by atoms with van der Waals surface area (Å²) in [5, 5.41) is 8.62. The summed E-state index contributed by atoms with van der Waals surface area (Å²) in [6.45, 7) is 0. The second kappa shape index (κ2) is 6.20. The smallest absolute Gasteiger partial charge is 0.256 e. The first-order chi connectivity index (χ1) is 11.8. The molecule has 0 saturated heterocycles. The third-order valence-electron chi connectivity index (χ3n) is 4.79. The zero-order valence-corrected chi connectivity index (χ0v) is 13.6. The molecule has 1 unspecified atom stereocenters. The lowest BCUT2D eigenvalue weighted by atomic mass is 10.0. The van der Waals surface area contributed by atoms with E-state index in [0.717, 1.165) is 31.2 Å². The SMILES string of the molecule is COC1(c2noc(C(c3ccccc3)n3cccn3)n2)CCCC1. The minimum absolute atomic E-state index is 0.238. The lowest BCUT2D eigenvalue weighted by Gasteiger charge is -2.22. The van der Waals surface area contributed by atoms with E-state index >= 15 is 0 Å². The molecule has 1 aromatic carbocycles. The molecule has 6 nitrogen and oxygen atoms in total. The Hall–Kier alpha value is -2.47. The maximum atomic E-state index is 5.77. The first kappa shape index (κ1) is 15.1. The van der Waals surface area contributed by atoms with Crippen molar-refractivity contribution in [1.82, 2.24) is 19.9 Å². The highest BCUT2D eigenvalue weighted by atomic mass is 16.5. The molecule has 124 valence electrons. The number of ether oxygens (including phenoxy) is 1. The third-order valence-corrected chi connectivity index (χ3v) is 4.79. The molecule has 0 aliphatic heterocycles. The highest BCUT2D eigenvalue weighted by Crippen LogP contribution is 2.40. The van der Waals surface area contributed by atoms with Crippen LogP contribution in [0.15, 0.2) is 53.3 Å². The van der Waals surface area contributed by atoms with Crippen LogP contribution in [0.4, 0.5) is 0 Å². The molecule has 1 aliphatic rings. The molecule has 0 amide bonds. The average molecular weight is 324 g/mol. The van der Waals surface area contributed by atoms with Crippen molar-refractivity contribution in [1.29, 1.82) is 0 Å². The molecular weight excluding hydrogens is 304 g/mol. The van der Waals surface area contributed by atoms with E-state index in [1.165, 1.54) is 0 Å². The second-order valence-corrected chi connectivity index (χ2v) is 6.16. The average Bonchev–Trinajstić information content (AvgIpc) is 3.38. The van der Waals surface area contributed by atoms with Crippen LogP contribution >= 0.6 is 0 Å². The van der Waals surface area contributed by atoms with Crippen LogP contribution in [0.25, 0.3) is 0 Å². The molecule has 2 heterocycles. The fourth-order valence-corrected chi connectivity index (χ4v) is 3.47. The van der Waals surface area contributed by atoms with Gasteiger partial charge in [0.25, 0.3) is 5.89 Å². The topological polar surface area (TPSA) is 66.0 Å². The number of benzene rings is 1. The van der Waals surface area contributed by atoms with Crippen molar-refractivity contribution in [3.8, 4) is 0 Å². The first-order valence-electron chi connectivity index (χ1n) is 8.26. The number of rotatable bonds is 5. The molecule has 1 fully saturated rings. The van der Waals surface area contributed by atoms with Crippen molar-refractivity contribution >= 4 is 0 Å². The van der Waals surface area contributed by atoms with Gasteiger partial charge in [-0.2, -0.15) is 10.1 Å². The van der Waals surface area contributed by atoms with Crippen molar-refractivity contribution in [2.75, 3.05) is 7.11 Å². The van der Waals surface area contributed by atoms with Gasteiger partial charge in [0.15, 0.2) is 6.04 Å². The van der Waals surface area contributed by atoms with E-state index < -0.39 is 5.60 Å². The third kappa shape index (κ3) is 2.53. The van der Waals surface area contributed by atoms with Gasteiger partial charge < -0.3 is 9.26 Å². The molecule has 3 aromatic rings. The van der Waals surface area contributed by atoms with Gasteiger partial charge in [-0.05, 0) is 37.3 Å². The van der Waals surface area contributed by atoms with Crippen LogP contribution in [0, 0.1) is 0 Å². The molecule has 0 radical (unpaired) electrons. The van der Waals surface area contributed by atoms with Gasteiger partial charge in [-0.15, -0.1) is 0 Å². The molecule has 0 spiro atoms. The van der Waals surface area contributed by atoms with Crippen LogP contribution in [0.2, 0.25) is 0 Å². The molecule has 1 aliphatic carbocycles. The van der Waals surface area contributed by atoms with Crippen LogP contribution < -0.4 is 0 Å². The molecular formula is C18H20N4O2. The number of hydrogen-bond donors (Lipinski definition) is 0. The number of methoxy groups -OCH3 is 1. The molecule has 1 atom stereocenters. The van der Waals surface area contributed by atoms with Gasteiger partial charge in [0.2, 0.25) is 5.82 Å². The molecule has 1 saturated carbocycles. The monoisotopic (exact) mass is 324 g/mol. The Morgan fingerprint density at radius 3 is 2.62 bits per heavy atom. The minimum atomic E-state index is -0.410. The summed E-state index contributed by atoms with van der Waals surface area (Å²) in [7, 11) is 1.73. The van der Waals surface area contributed by atoms with Crippen molar-refractivity contribution in [3.05, 3.63) is 66.1 Å². The second-order valence-electron chi connectivity index (χ2n) is 6.16. The van der Waals surface area contributed by atoms with Gasteiger partial charge >= 0.3 is 0 Å². The van der Waals surface area contributed by atoms with Crippen LogP contribution in [0.5, 0.6) is 0 Å². The molecule has 0 bridgehead atoms. The fraction of sp³-hybridized carbons (Fsp3) is 0.389. The minimum Gasteiger partial charge on any atom is -0.370 e. The normalized spacial score (nSPS) is 17.9. The fourth-order valence-electron chi connectivity index (χ4n) is 3.47. The predicted octanol–water partition coefficient (Wildman–Crippen LogP) is 3.32. The van der Waals surface area contributed by atoms with Gasteiger partial charge in [0, 0.05) is 19.5 Å². The summed E-state index contributed by atoms with van der Waals surface area (Å²) in [6.07, 6.45) is 7.77. The van der Waals surface area contributed by atoms with Crippen molar-refractivity contribution in [3.63, 3.8) is 0 Å². The Labute approximate surface area is 140 Å². The van der Waals surface area contributed by atoms with E-state index in [1.807, 2.05) is 47.3 Å². The van der Waals surface area contributed by atoms with E-state index in [2.05, 4.69) is 10.3 Å². The summed E-state index contributed by atoms with van der Waals surface area (Å²) in [5.74, 6) is 1.17. The van der Waals surface area contributed by atoms with E-state index in [4.69, 9.17) is 14.2 Å². The summed E-state index contributed by atoms with van der Waals surface area (Å²) in [5.41, 5.74) is 0.641. The summed E-state index contributed by atoms with van der Waals surface area (Å²) in [6, 6.07) is 11.7. The van der Waals surface area contributed by atoms with Crippen LogP contribution in [0.3, 0.4) is 0 Å². The zero-order chi connectivity index (χ0) is 16.4. The molecule has 6 heteroatoms. The Kier molecular flexibility index (Phi) is 3.90. The number of hydrogen-bond acceptors (Lipinski definition) is 5. The number of aromatic nitrogens is 4. The summed E-state index contributed by atoms with van der Waals surface area (Å²) < 4.78 is 13.2. The highest BCUT2D eigenvalue weighted by Gasteiger charge is 2.41.